The molecule has 0 aliphatic rings. The van der Waals surface area contributed by atoms with Crippen molar-refractivity contribution in [2.75, 3.05) is 25.2 Å². The van der Waals surface area contributed by atoms with Crippen LogP contribution in [0.5, 0.6) is 0 Å². The number of halogens is 11. The molecule has 0 unspecified atom stereocenters. The fraction of sp³-hybridized carbons (Fsp3) is 0.737. The zero-order chi connectivity index (χ0) is 29.6. The molecule has 0 rings (SSSR count). The first-order chi connectivity index (χ1) is 16.2. The monoisotopic (exact) mass is 746 g/mol. The number of Topliss-reactive ketones (excluding diaryl/α,β-unsaturated/α-hetero) is 1. The predicted molar refractivity (Wildman–Crippen MR) is 124 cm³/mol. The molecule has 0 amide bonds. The zero-order valence-electron chi connectivity index (χ0n) is 23.3. The molecule has 0 N–H and O–H groups in total. The minimum Gasteiger partial charge on any atom is -1.00 e. The average molecular weight is 749 g/mol. The Hall–Kier alpha value is -0.0575. The van der Waals surface area contributed by atoms with Gasteiger partial charge < -0.3 is 41.0 Å². The van der Waals surface area contributed by atoms with Gasteiger partial charge >= 0.3 is 82.5 Å². The van der Waals surface area contributed by atoms with Crippen molar-refractivity contribution >= 4 is 85.7 Å². The van der Waals surface area contributed by atoms with E-state index in [1.807, 2.05) is 0 Å². The van der Waals surface area contributed by atoms with Crippen LogP contribution in [0.2, 0.25) is 0 Å². The molecule has 0 radical (unpaired) electrons. The fourth-order valence-electron chi connectivity index (χ4n) is 1.06. The Kier molecular flexibility index (Phi) is 43.5. The minimum absolute atomic E-state index is 0. The Balaban J connectivity index is -0.0000000475. The van der Waals surface area contributed by atoms with Gasteiger partial charge in [-0.25, -0.2) is 14.4 Å². The largest absolute Gasteiger partial charge is 2.00 e. The van der Waals surface area contributed by atoms with Crippen molar-refractivity contribution in [2.45, 2.75) is 65.0 Å². The Bertz CT molecular complexity index is 631. The summed E-state index contributed by atoms with van der Waals surface area (Å²) in [5, 5.41) is -0.00347. The summed E-state index contributed by atoms with van der Waals surface area (Å²) < 4.78 is 113. The first-order valence-corrected chi connectivity index (χ1v) is 10.9. The van der Waals surface area contributed by atoms with Crippen LogP contribution in [0.1, 0.15) is 49.3 Å². The molecule has 0 aliphatic heterocycles. The number of ketones is 1. The molecule has 0 aromatic carbocycles. The summed E-state index contributed by atoms with van der Waals surface area (Å²) in [7, 11) is 0. The van der Waals surface area contributed by atoms with E-state index in [-0.39, 0.29) is 91.1 Å². The molecular formula is C19H29Br2F9Mg2O7. The number of carbonyl (C=O) groups excluding carboxylic acids is 4. The maximum absolute atomic E-state index is 11.6. The van der Waals surface area contributed by atoms with Gasteiger partial charge in [-0.15, -0.1) is 0 Å². The van der Waals surface area contributed by atoms with Gasteiger partial charge in [0.1, 0.15) is 0 Å². The van der Waals surface area contributed by atoms with Crippen LogP contribution in [-0.2, 0) is 33.4 Å². The van der Waals surface area contributed by atoms with Crippen LogP contribution in [0.4, 0.5) is 39.5 Å². The van der Waals surface area contributed by atoms with Crippen molar-refractivity contribution in [1.82, 2.24) is 0 Å². The van der Waals surface area contributed by atoms with Crippen LogP contribution >= 0.6 is 15.9 Å². The smallest absolute Gasteiger partial charge is 1.00 e. The van der Waals surface area contributed by atoms with Crippen LogP contribution in [-0.4, -0.2) is 113 Å². The van der Waals surface area contributed by atoms with Gasteiger partial charge in [0.25, 0.3) is 0 Å². The molecule has 0 spiro atoms. The molecule has 0 aliphatic carbocycles. The molecule has 0 saturated carbocycles. The van der Waals surface area contributed by atoms with E-state index in [0.717, 1.165) is 0 Å². The van der Waals surface area contributed by atoms with Gasteiger partial charge in [-0.3, -0.25) is 4.79 Å². The first-order valence-electron chi connectivity index (χ1n) is 9.80. The molecule has 39 heavy (non-hydrogen) atoms. The molecule has 20 heteroatoms. The van der Waals surface area contributed by atoms with E-state index in [4.69, 9.17) is 0 Å². The normalized spacial score (nSPS) is 9.90. The summed E-state index contributed by atoms with van der Waals surface area (Å²) in [5.74, 6) is -4.19. The second-order valence-corrected chi connectivity index (χ2v) is 6.41. The Morgan fingerprint density at radius 2 is 0.949 bits per heavy atom. The average Bonchev–Trinajstić information content (AvgIpc) is 2.72. The number of rotatable bonds is 7. The maximum Gasteiger partial charge on any atom is 2.00 e. The van der Waals surface area contributed by atoms with Gasteiger partial charge in [-0.1, -0.05) is 22.4 Å². The molecule has 0 saturated heterocycles. The number of hydrogen-bond acceptors (Lipinski definition) is 7. The van der Waals surface area contributed by atoms with E-state index in [1.54, 1.807) is 13.8 Å². The van der Waals surface area contributed by atoms with E-state index in [1.165, 1.54) is 6.92 Å². The summed E-state index contributed by atoms with van der Waals surface area (Å²) >= 11 is 2.67. The van der Waals surface area contributed by atoms with Gasteiger partial charge in [0.05, 0.1) is 32.7 Å². The van der Waals surface area contributed by atoms with Gasteiger partial charge in [0.2, 0.25) is 5.78 Å². The summed E-state index contributed by atoms with van der Waals surface area (Å²) in [6.45, 7) is 7.71. The van der Waals surface area contributed by atoms with Crippen molar-refractivity contribution in [2.24, 2.45) is 0 Å². The molecule has 0 aromatic heterocycles. The van der Waals surface area contributed by atoms with Crippen LogP contribution in [0.25, 0.3) is 0 Å². The summed E-state index contributed by atoms with van der Waals surface area (Å²) in [4.78, 5) is 42.0. The molecule has 0 bridgehead atoms. The molecule has 0 atom stereocenters. The van der Waals surface area contributed by atoms with E-state index in [0.29, 0.717) is 0 Å². The minimum atomic E-state index is -4.41. The second-order valence-electron chi connectivity index (χ2n) is 5.62. The Morgan fingerprint density at radius 3 is 1.13 bits per heavy atom. The van der Waals surface area contributed by atoms with E-state index in [9.17, 15) is 58.7 Å². The number of alkyl halides is 10. The molecule has 0 aromatic rings. The SMILES string of the molecule is CCOC(=O)C(=O)CCC(F)(F)F.CCOC(=O)C(=O)OCC.FC(F)(F)CCBr.[Br-].[CH2-]CC(F)(F)F.[H-].[H-].[Mg+2].[Mg+2]. The quantitative estimate of drug-likeness (QED) is 0.0750. The van der Waals surface area contributed by atoms with E-state index < -0.39 is 67.9 Å². The zero-order valence-corrected chi connectivity index (χ0v) is 27.3. The van der Waals surface area contributed by atoms with Crippen molar-refractivity contribution in [1.29, 1.82) is 0 Å². The topological polar surface area (TPSA) is 96.0 Å². The number of esters is 3. The number of hydrogen-bond donors (Lipinski definition) is 0. The van der Waals surface area contributed by atoms with Gasteiger partial charge in [-0.05, 0) is 20.8 Å². The summed E-state index contributed by atoms with van der Waals surface area (Å²) in [5.41, 5.74) is 0. The third-order valence-electron chi connectivity index (χ3n) is 2.52. The standard InChI is InChI=1S/C7H9F3O3.C6H10O4.C3H4BrF3.C3H4F3.BrH.2Mg.2H/c1-2-13-6(12)5(11)3-4-7(8,9)10;1-3-9-5(7)6(8)10-4-2;4-2-1-3(5,6)7;1-2-3(4,5)6;;;;;/h2-4H2,1H3;3-4H2,1-2H3;1-2H2;1-2H2;1H;;;;/q;;;-1;;2*+2;2*-1/p-1. The second kappa shape index (κ2) is 30.9. The Labute approximate surface area is 274 Å². The van der Waals surface area contributed by atoms with E-state index >= 15 is 0 Å². The van der Waals surface area contributed by atoms with Crippen LogP contribution in [0.15, 0.2) is 0 Å². The van der Waals surface area contributed by atoms with Gasteiger partial charge in [-0.2, -0.15) is 39.5 Å². The molecule has 0 heterocycles. The van der Waals surface area contributed by atoms with Crippen LogP contribution in [0.3, 0.4) is 0 Å². The Morgan fingerprint density at radius 1 is 0.667 bits per heavy atom. The van der Waals surface area contributed by atoms with Crippen LogP contribution < -0.4 is 17.0 Å². The number of ether oxygens (including phenoxy) is 3. The molecular weight excluding hydrogens is 720 g/mol. The summed E-state index contributed by atoms with van der Waals surface area (Å²) in [6.07, 6.45) is -16.3. The number of carbonyl (C=O) groups is 4. The van der Waals surface area contributed by atoms with Gasteiger partial charge in [0, 0.05) is 11.8 Å². The summed E-state index contributed by atoms with van der Waals surface area (Å²) in [6, 6.07) is 0. The third-order valence-corrected chi connectivity index (χ3v) is 2.91. The maximum atomic E-state index is 11.6. The van der Waals surface area contributed by atoms with Crippen molar-refractivity contribution in [3.8, 4) is 0 Å². The van der Waals surface area contributed by atoms with Crippen LogP contribution in [0, 0.1) is 6.92 Å². The third kappa shape index (κ3) is 54.7. The molecule has 228 valence electrons. The van der Waals surface area contributed by atoms with Crippen molar-refractivity contribution in [3.05, 3.63) is 6.92 Å². The van der Waals surface area contributed by atoms with Gasteiger partial charge in [0.15, 0.2) is 0 Å². The predicted octanol–water partition coefficient (Wildman–Crippen LogP) is 2.15. The fourth-order valence-corrected chi connectivity index (χ4v) is 1.51. The van der Waals surface area contributed by atoms with E-state index in [2.05, 4.69) is 37.1 Å². The molecule has 7 nitrogen and oxygen atoms in total. The first kappa shape index (κ1) is 54.9. The molecule has 0 fully saturated rings. The van der Waals surface area contributed by atoms with Crippen molar-refractivity contribution < 1.29 is 92.7 Å². The van der Waals surface area contributed by atoms with Crippen molar-refractivity contribution in [3.63, 3.8) is 0 Å².